The predicted octanol–water partition coefficient (Wildman–Crippen LogP) is 5.27. The quantitative estimate of drug-likeness (QED) is 0.506. The minimum atomic E-state index is 0.316. The number of anilines is 1. The smallest absolute Gasteiger partial charge is 0.0693 e. The lowest BCUT2D eigenvalue weighted by Gasteiger charge is -2.25. The number of unbranched alkanes of at least 4 members (excludes halogenated alkanes) is 2. The average Bonchev–Trinajstić information content (AvgIpc) is 2.35. The van der Waals surface area contributed by atoms with E-state index in [2.05, 4.69) is 26.1 Å². The Morgan fingerprint density at radius 3 is 2.30 bits per heavy atom. The van der Waals surface area contributed by atoms with E-state index in [4.69, 9.17) is 28.9 Å². The fourth-order valence-corrected chi connectivity index (χ4v) is 2.76. The Kier molecular flexibility index (Phi) is 7.14. The van der Waals surface area contributed by atoms with Crippen molar-refractivity contribution in [2.24, 2.45) is 5.41 Å². The van der Waals surface area contributed by atoms with E-state index in [1.165, 1.54) is 25.7 Å². The largest absolute Gasteiger partial charge is 0.396 e. The van der Waals surface area contributed by atoms with Crippen LogP contribution in [0.2, 0.25) is 10.0 Å². The highest BCUT2D eigenvalue weighted by Crippen LogP contribution is 2.29. The first-order valence-corrected chi connectivity index (χ1v) is 8.05. The monoisotopic (exact) mass is 316 g/mol. The number of hydrogen-bond donors (Lipinski definition) is 2. The van der Waals surface area contributed by atoms with Crippen LogP contribution in [0.4, 0.5) is 5.69 Å². The zero-order valence-corrected chi connectivity index (χ0v) is 14.2. The van der Waals surface area contributed by atoms with Crippen molar-refractivity contribution in [3.63, 3.8) is 0 Å². The fourth-order valence-electron chi connectivity index (χ4n) is 2.23. The second-order valence-corrected chi connectivity index (χ2v) is 7.01. The SMILES string of the molecule is CCCCCC(C)(C)CNCc1cc(Cl)c(N)c(Cl)c1. The van der Waals surface area contributed by atoms with Crippen LogP contribution >= 0.6 is 23.2 Å². The van der Waals surface area contributed by atoms with Gasteiger partial charge in [0.05, 0.1) is 15.7 Å². The van der Waals surface area contributed by atoms with Gasteiger partial charge in [-0.05, 0) is 29.5 Å². The predicted molar refractivity (Wildman–Crippen MR) is 90.5 cm³/mol. The molecule has 2 nitrogen and oxygen atoms in total. The van der Waals surface area contributed by atoms with E-state index in [0.717, 1.165) is 18.7 Å². The number of nitrogens with one attached hydrogen (secondary N) is 1. The molecule has 0 unspecified atom stereocenters. The summed E-state index contributed by atoms with van der Waals surface area (Å²) in [6, 6.07) is 3.75. The van der Waals surface area contributed by atoms with E-state index in [1.807, 2.05) is 12.1 Å². The fraction of sp³-hybridized carbons (Fsp3) is 0.625. The van der Waals surface area contributed by atoms with Gasteiger partial charge in [0.15, 0.2) is 0 Å². The minimum Gasteiger partial charge on any atom is -0.396 e. The van der Waals surface area contributed by atoms with Gasteiger partial charge in [0.25, 0.3) is 0 Å². The van der Waals surface area contributed by atoms with Crippen LogP contribution in [0.15, 0.2) is 12.1 Å². The van der Waals surface area contributed by atoms with Crippen molar-refractivity contribution < 1.29 is 0 Å². The van der Waals surface area contributed by atoms with Gasteiger partial charge in [-0.3, -0.25) is 0 Å². The van der Waals surface area contributed by atoms with Gasteiger partial charge in [0.1, 0.15) is 0 Å². The van der Waals surface area contributed by atoms with Crippen LogP contribution in [0.25, 0.3) is 0 Å². The molecule has 0 spiro atoms. The Balaban J connectivity index is 2.44. The first-order valence-electron chi connectivity index (χ1n) is 7.30. The average molecular weight is 317 g/mol. The molecule has 0 heterocycles. The molecule has 0 saturated heterocycles. The van der Waals surface area contributed by atoms with Crippen molar-refractivity contribution in [2.75, 3.05) is 12.3 Å². The van der Waals surface area contributed by atoms with Gasteiger partial charge in [0.2, 0.25) is 0 Å². The summed E-state index contributed by atoms with van der Waals surface area (Å²) >= 11 is 12.1. The normalized spacial score (nSPS) is 11.8. The molecule has 1 aromatic rings. The Labute approximate surface area is 133 Å². The van der Waals surface area contributed by atoms with Gasteiger partial charge in [-0.2, -0.15) is 0 Å². The van der Waals surface area contributed by atoms with Crippen LogP contribution in [-0.4, -0.2) is 6.54 Å². The van der Waals surface area contributed by atoms with Crippen LogP contribution in [-0.2, 0) is 6.54 Å². The Hall–Kier alpha value is -0.440. The molecule has 0 bridgehead atoms. The van der Waals surface area contributed by atoms with E-state index in [9.17, 15) is 0 Å². The maximum absolute atomic E-state index is 6.04. The summed E-state index contributed by atoms with van der Waals surface area (Å²) in [4.78, 5) is 0. The number of halogens is 2. The maximum Gasteiger partial charge on any atom is 0.0693 e. The van der Waals surface area contributed by atoms with Crippen molar-refractivity contribution in [3.8, 4) is 0 Å². The highest BCUT2D eigenvalue weighted by molar-refractivity contribution is 6.38. The van der Waals surface area contributed by atoms with Crippen LogP contribution in [0.5, 0.6) is 0 Å². The molecule has 1 rings (SSSR count). The molecule has 0 amide bonds. The van der Waals surface area contributed by atoms with Gasteiger partial charge in [0, 0.05) is 13.1 Å². The molecule has 1 aromatic carbocycles. The summed E-state index contributed by atoms with van der Waals surface area (Å²) < 4.78 is 0. The molecule has 0 atom stereocenters. The highest BCUT2D eigenvalue weighted by Gasteiger charge is 2.16. The maximum atomic E-state index is 6.04. The van der Waals surface area contributed by atoms with Crippen molar-refractivity contribution in [1.82, 2.24) is 5.32 Å². The van der Waals surface area contributed by atoms with Gasteiger partial charge < -0.3 is 11.1 Å². The lowest BCUT2D eigenvalue weighted by molar-refractivity contribution is 0.302. The van der Waals surface area contributed by atoms with E-state index in [-0.39, 0.29) is 0 Å². The minimum absolute atomic E-state index is 0.316. The number of hydrogen-bond acceptors (Lipinski definition) is 2. The molecular formula is C16H26Cl2N2. The number of benzene rings is 1. The van der Waals surface area contributed by atoms with Crippen LogP contribution in [0, 0.1) is 5.41 Å². The molecule has 0 radical (unpaired) electrons. The Morgan fingerprint density at radius 1 is 1.15 bits per heavy atom. The molecule has 4 heteroatoms. The third kappa shape index (κ3) is 5.90. The second-order valence-electron chi connectivity index (χ2n) is 6.20. The third-order valence-electron chi connectivity index (χ3n) is 3.53. The molecule has 0 saturated carbocycles. The Morgan fingerprint density at radius 2 is 1.75 bits per heavy atom. The first kappa shape index (κ1) is 17.6. The first-order chi connectivity index (χ1) is 9.35. The second kappa shape index (κ2) is 8.11. The van der Waals surface area contributed by atoms with E-state index in [0.29, 0.717) is 21.1 Å². The standard InChI is InChI=1S/C16H26Cl2N2/c1-4-5-6-7-16(2,3)11-20-10-12-8-13(17)15(19)14(18)9-12/h8-9,20H,4-7,10-11,19H2,1-3H3. The van der Waals surface area contributed by atoms with Crippen molar-refractivity contribution in [2.45, 2.75) is 53.0 Å². The van der Waals surface area contributed by atoms with Crippen LogP contribution in [0.1, 0.15) is 52.0 Å². The highest BCUT2D eigenvalue weighted by atomic mass is 35.5. The number of nitrogens with two attached hydrogens (primary N) is 1. The summed E-state index contributed by atoms with van der Waals surface area (Å²) in [7, 11) is 0. The summed E-state index contributed by atoms with van der Waals surface area (Å²) in [5.41, 5.74) is 7.57. The zero-order valence-electron chi connectivity index (χ0n) is 12.7. The summed E-state index contributed by atoms with van der Waals surface area (Å²) in [5, 5.41) is 4.53. The molecule has 0 aromatic heterocycles. The number of nitrogen functional groups attached to an aromatic ring is 1. The van der Waals surface area contributed by atoms with Crippen LogP contribution < -0.4 is 11.1 Å². The van der Waals surface area contributed by atoms with Gasteiger partial charge >= 0.3 is 0 Å². The van der Waals surface area contributed by atoms with Gasteiger partial charge in [-0.1, -0.05) is 63.2 Å². The molecule has 0 aliphatic carbocycles. The zero-order chi connectivity index (χ0) is 15.2. The topological polar surface area (TPSA) is 38.0 Å². The van der Waals surface area contributed by atoms with Crippen LogP contribution in [0.3, 0.4) is 0 Å². The molecule has 0 aliphatic heterocycles. The lowest BCUT2D eigenvalue weighted by atomic mass is 9.87. The van der Waals surface area contributed by atoms with E-state index < -0.39 is 0 Å². The van der Waals surface area contributed by atoms with Crippen molar-refractivity contribution in [1.29, 1.82) is 0 Å². The van der Waals surface area contributed by atoms with Gasteiger partial charge in [-0.25, -0.2) is 0 Å². The Bertz CT molecular complexity index is 407. The molecule has 20 heavy (non-hydrogen) atoms. The van der Waals surface area contributed by atoms with Gasteiger partial charge in [-0.15, -0.1) is 0 Å². The van der Waals surface area contributed by atoms with Crippen molar-refractivity contribution >= 4 is 28.9 Å². The summed E-state index contributed by atoms with van der Waals surface area (Å²) in [5.74, 6) is 0. The molecular weight excluding hydrogens is 291 g/mol. The summed E-state index contributed by atoms with van der Waals surface area (Å²) in [6.07, 6.45) is 5.13. The lowest BCUT2D eigenvalue weighted by Crippen LogP contribution is -2.29. The van der Waals surface area contributed by atoms with Crippen molar-refractivity contribution in [3.05, 3.63) is 27.7 Å². The third-order valence-corrected chi connectivity index (χ3v) is 4.15. The van der Waals surface area contributed by atoms with E-state index in [1.54, 1.807) is 0 Å². The molecule has 0 fully saturated rings. The molecule has 0 aliphatic rings. The van der Waals surface area contributed by atoms with E-state index >= 15 is 0 Å². The summed E-state index contributed by atoms with van der Waals surface area (Å²) in [6.45, 7) is 8.59. The molecule has 3 N–H and O–H groups in total. The number of rotatable bonds is 8. The molecule has 114 valence electrons.